The first-order valence-corrected chi connectivity index (χ1v) is 23.9. The molecule has 0 aliphatic carbocycles. The molecule has 0 aliphatic heterocycles. The van der Waals surface area contributed by atoms with Gasteiger partial charge in [-0.15, -0.1) is 0 Å². The van der Waals surface area contributed by atoms with E-state index < -0.39 is 0 Å². The van der Waals surface area contributed by atoms with Crippen LogP contribution in [0.5, 0.6) is 0 Å². The molecule has 0 aromatic carbocycles. The summed E-state index contributed by atoms with van der Waals surface area (Å²) in [6.07, 6.45) is 30.2. The molecule has 0 heterocycles. The van der Waals surface area contributed by atoms with Crippen molar-refractivity contribution >= 4 is 0 Å². The quantitative estimate of drug-likeness (QED) is 0.0806. The van der Waals surface area contributed by atoms with Crippen LogP contribution >= 0.6 is 0 Å². The summed E-state index contributed by atoms with van der Waals surface area (Å²) >= 11 is 0. The molecule has 0 radical (unpaired) electrons. The third kappa shape index (κ3) is 53.8. The van der Waals surface area contributed by atoms with Crippen molar-refractivity contribution in [1.82, 2.24) is 0 Å². The Kier molecular flexibility index (Phi) is 48.0. The van der Waals surface area contributed by atoms with Crippen molar-refractivity contribution in [3.05, 3.63) is 11.6 Å². The van der Waals surface area contributed by atoms with E-state index in [1.165, 1.54) is 134 Å². The molecule has 0 amide bonds. The number of rotatable bonds is 21. The molecule has 0 saturated carbocycles. The SMILES string of the molecule is C.CC.CC(C)=CCCC(C)CCC(C)(C)C.CCCCC(C)C(C)(C)C.CCCCC(CC)C(C)(C)C.CCCCCCCCCCC(C)C(C)(C)C. The number of allylic oxidation sites excluding steroid dienone is 2. The van der Waals surface area contributed by atoms with Crippen LogP contribution in [0.3, 0.4) is 0 Å². The lowest BCUT2D eigenvalue weighted by molar-refractivity contribution is 0.214. The second-order valence-corrected chi connectivity index (χ2v) is 21.6. The van der Waals surface area contributed by atoms with Gasteiger partial charge in [-0.25, -0.2) is 0 Å². The molecule has 54 heavy (non-hydrogen) atoms. The van der Waals surface area contributed by atoms with Crippen molar-refractivity contribution in [3.8, 4) is 0 Å². The molecule has 0 nitrogen and oxygen atoms in total. The zero-order chi connectivity index (χ0) is 42.7. The van der Waals surface area contributed by atoms with Gasteiger partial charge in [0, 0.05) is 0 Å². The van der Waals surface area contributed by atoms with Gasteiger partial charge in [-0.2, -0.15) is 0 Å². The monoisotopic (exact) mass is 767 g/mol. The lowest BCUT2D eigenvalue weighted by atomic mass is 9.76. The summed E-state index contributed by atoms with van der Waals surface area (Å²) in [6.45, 7) is 52.8. The van der Waals surface area contributed by atoms with Gasteiger partial charge in [-0.3, -0.25) is 0 Å². The van der Waals surface area contributed by atoms with Gasteiger partial charge in [0.2, 0.25) is 0 Å². The molecule has 0 rings (SSSR count). The maximum absolute atomic E-state index is 2.40. The molecule has 4 unspecified atom stereocenters. The number of hydrogen-bond donors (Lipinski definition) is 0. The van der Waals surface area contributed by atoms with E-state index in [0.717, 1.165) is 23.7 Å². The van der Waals surface area contributed by atoms with Crippen LogP contribution in [0.2, 0.25) is 0 Å². The molecular formula is C54H118. The highest BCUT2D eigenvalue weighted by molar-refractivity contribution is 4.92. The Bertz CT molecular complexity index is 720. The summed E-state index contributed by atoms with van der Waals surface area (Å²) in [5.74, 6) is 3.53. The Labute approximate surface area is 350 Å². The molecule has 4 atom stereocenters. The van der Waals surface area contributed by atoms with Crippen molar-refractivity contribution in [3.63, 3.8) is 0 Å². The highest BCUT2D eigenvalue weighted by atomic mass is 14.3. The molecule has 0 aromatic rings. The topological polar surface area (TPSA) is 0 Å². The minimum absolute atomic E-state index is 0. The van der Waals surface area contributed by atoms with E-state index in [1.807, 2.05) is 13.8 Å². The molecular weight excluding hydrogens is 649 g/mol. The van der Waals surface area contributed by atoms with E-state index in [1.54, 1.807) is 0 Å². The fourth-order valence-corrected chi connectivity index (χ4v) is 6.14. The fraction of sp³-hybridized carbons (Fsp3) is 0.963. The Morgan fingerprint density at radius 3 is 1.17 bits per heavy atom. The molecule has 0 N–H and O–H groups in total. The lowest BCUT2D eigenvalue weighted by Gasteiger charge is -2.29. The van der Waals surface area contributed by atoms with Crippen LogP contribution in [0.25, 0.3) is 0 Å². The van der Waals surface area contributed by atoms with Gasteiger partial charge in [0.25, 0.3) is 0 Å². The van der Waals surface area contributed by atoms with Crippen LogP contribution in [0.4, 0.5) is 0 Å². The van der Waals surface area contributed by atoms with Crippen LogP contribution in [-0.2, 0) is 0 Å². The normalized spacial score (nSPS) is 13.8. The first-order chi connectivity index (χ1) is 24.3. The van der Waals surface area contributed by atoms with E-state index in [9.17, 15) is 0 Å². The zero-order valence-electron chi connectivity index (χ0n) is 42.5. The summed E-state index contributed by atoms with van der Waals surface area (Å²) < 4.78 is 0. The first-order valence-electron chi connectivity index (χ1n) is 23.9. The second-order valence-electron chi connectivity index (χ2n) is 21.6. The maximum Gasteiger partial charge on any atom is -0.0346 e. The second kappa shape index (κ2) is 39.6. The van der Waals surface area contributed by atoms with E-state index >= 15 is 0 Å². The minimum atomic E-state index is 0. The molecule has 334 valence electrons. The zero-order valence-corrected chi connectivity index (χ0v) is 42.5. The number of hydrogen-bond acceptors (Lipinski definition) is 0. The van der Waals surface area contributed by atoms with Crippen LogP contribution in [0.1, 0.15) is 295 Å². The lowest BCUT2D eigenvalue weighted by Crippen LogP contribution is -2.19. The van der Waals surface area contributed by atoms with E-state index in [2.05, 4.69) is 151 Å². The predicted molar refractivity (Wildman–Crippen MR) is 261 cm³/mol. The average Bonchev–Trinajstić information content (AvgIpc) is 3.04. The highest BCUT2D eigenvalue weighted by Crippen LogP contribution is 2.33. The molecule has 0 aliphatic rings. The smallest absolute Gasteiger partial charge is 0.0346 e. The van der Waals surface area contributed by atoms with Gasteiger partial charge in [0.05, 0.1) is 0 Å². The van der Waals surface area contributed by atoms with Crippen LogP contribution < -0.4 is 0 Å². The van der Waals surface area contributed by atoms with Gasteiger partial charge in [-0.05, 0) is 84.9 Å². The molecule has 0 bridgehead atoms. The van der Waals surface area contributed by atoms with Gasteiger partial charge in [-0.1, -0.05) is 267 Å². The number of unbranched alkanes of at least 4 members (excludes halogenated alkanes) is 9. The predicted octanol–water partition coefficient (Wildman–Crippen LogP) is 21.2. The van der Waals surface area contributed by atoms with E-state index in [-0.39, 0.29) is 7.43 Å². The summed E-state index contributed by atoms with van der Waals surface area (Å²) in [6, 6.07) is 0. The molecule has 0 saturated heterocycles. The first kappa shape index (κ1) is 65.6. The summed E-state index contributed by atoms with van der Waals surface area (Å²) in [5, 5.41) is 0. The maximum atomic E-state index is 2.40. The molecule has 0 fully saturated rings. The van der Waals surface area contributed by atoms with Gasteiger partial charge >= 0.3 is 0 Å². The largest absolute Gasteiger partial charge is 0.0859 e. The van der Waals surface area contributed by atoms with Crippen LogP contribution in [0, 0.1) is 45.3 Å². The Hall–Kier alpha value is -0.260. The minimum Gasteiger partial charge on any atom is -0.0859 e. The Morgan fingerprint density at radius 2 is 0.833 bits per heavy atom. The highest BCUT2D eigenvalue weighted by Gasteiger charge is 2.22. The van der Waals surface area contributed by atoms with E-state index in [4.69, 9.17) is 0 Å². The van der Waals surface area contributed by atoms with Crippen molar-refractivity contribution in [2.45, 2.75) is 295 Å². The summed E-state index contributed by atoms with van der Waals surface area (Å²) in [4.78, 5) is 0. The molecule has 0 heteroatoms. The van der Waals surface area contributed by atoms with Crippen molar-refractivity contribution in [2.24, 2.45) is 45.3 Å². The Morgan fingerprint density at radius 1 is 0.463 bits per heavy atom. The third-order valence-electron chi connectivity index (χ3n) is 11.7. The summed E-state index contributed by atoms with van der Waals surface area (Å²) in [5.41, 5.74) is 3.48. The van der Waals surface area contributed by atoms with Crippen LogP contribution in [-0.4, -0.2) is 0 Å². The van der Waals surface area contributed by atoms with Crippen molar-refractivity contribution < 1.29 is 0 Å². The summed E-state index contributed by atoms with van der Waals surface area (Å²) in [7, 11) is 0. The average molecular weight is 768 g/mol. The standard InChI is InChI=1S/C16H34.C14H28.C11H24.C10H22.C2H6.CH4/c1-6-7-8-9-10-11-12-13-14-15(2)16(3,4)5;1-12(2)8-7-9-13(3)10-11-14(4,5)6;1-6-8-9-10(7-2)11(3,4)5;1-6-7-8-9(2)10(3,4)5;1-2;/h15H,6-14H2,1-5H3;8,13H,7,9-11H2,1-6H3;10H,6-9H2,1-5H3;9H,6-8H2,1-5H3;1-2H3;1H4. The van der Waals surface area contributed by atoms with Crippen molar-refractivity contribution in [2.75, 3.05) is 0 Å². The third-order valence-corrected chi connectivity index (χ3v) is 11.7. The van der Waals surface area contributed by atoms with Gasteiger partial charge in [0.15, 0.2) is 0 Å². The van der Waals surface area contributed by atoms with Crippen molar-refractivity contribution in [1.29, 1.82) is 0 Å². The van der Waals surface area contributed by atoms with Gasteiger partial charge in [0.1, 0.15) is 0 Å². The van der Waals surface area contributed by atoms with Crippen LogP contribution in [0.15, 0.2) is 11.6 Å². The fourth-order valence-electron chi connectivity index (χ4n) is 6.14. The Balaban J connectivity index is -0.000000141. The molecule has 0 spiro atoms. The van der Waals surface area contributed by atoms with Gasteiger partial charge < -0.3 is 0 Å². The van der Waals surface area contributed by atoms with E-state index in [0.29, 0.717) is 21.7 Å². The molecule has 0 aromatic heterocycles.